The number of ether oxygens (including phenoxy) is 2. The standard InChI is InChI=1S/C25H19N3O6S/c1-13(17-9-14-7-8-16(31-2)11-21(14)33-23(17)29)27-28-25-26-19(12-35-25)18-10-15-5-4-6-20(32-3)22(15)34-24(18)30/h4-12H,1-3H3,(H,26,28)/b27-13+. The normalized spacial score (nSPS) is 11.7. The molecule has 0 fully saturated rings. The van der Waals surface area contributed by atoms with Gasteiger partial charge in [-0.15, -0.1) is 11.3 Å². The van der Waals surface area contributed by atoms with E-state index in [0.29, 0.717) is 50.3 Å². The Hall–Kier alpha value is -4.44. The predicted molar refractivity (Wildman–Crippen MR) is 135 cm³/mol. The number of hydrazone groups is 1. The molecule has 35 heavy (non-hydrogen) atoms. The molecule has 2 aromatic carbocycles. The highest BCUT2D eigenvalue weighted by Crippen LogP contribution is 2.29. The van der Waals surface area contributed by atoms with Crippen molar-refractivity contribution in [2.75, 3.05) is 19.6 Å². The van der Waals surface area contributed by atoms with E-state index in [1.165, 1.54) is 18.4 Å². The first-order valence-corrected chi connectivity index (χ1v) is 11.3. The summed E-state index contributed by atoms with van der Waals surface area (Å²) in [5.74, 6) is 1.08. The van der Waals surface area contributed by atoms with Crippen molar-refractivity contribution in [2.45, 2.75) is 6.92 Å². The summed E-state index contributed by atoms with van der Waals surface area (Å²) in [5, 5.41) is 7.91. The Kier molecular flexibility index (Phi) is 5.79. The van der Waals surface area contributed by atoms with Gasteiger partial charge in [-0.2, -0.15) is 5.10 Å². The van der Waals surface area contributed by atoms with Crippen LogP contribution in [0.4, 0.5) is 5.13 Å². The Balaban J connectivity index is 1.42. The van der Waals surface area contributed by atoms with Gasteiger partial charge in [0.05, 0.1) is 36.8 Å². The Bertz CT molecular complexity index is 1720. The SMILES string of the molecule is COc1ccc2cc(/C(C)=N/Nc3nc(-c4cc5cccc(OC)c5oc4=O)cs3)c(=O)oc2c1. The van der Waals surface area contributed by atoms with Crippen molar-refractivity contribution in [1.29, 1.82) is 0 Å². The van der Waals surface area contributed by atoms with Crippen LogP contribution in [0.3, 0.4) is 0 Å². The van der Waals surface area contributed by atoms with Crippen molar-refractivity contribution in [2.24, 2.45) is 5.10 Å². The number of aromatic nitrogens is 1. The summed E-state index contributed by atoms with van der Waals surface area (Å²) >= 11 is 1.26. The molecule has 3 aromatic heterocycles. The number of nitrogens with one attached hydrogen (secondary N) is 1. The molecule has 0 saturated carbocycles. The smallest absolute Gasteiger partial charge is 0.345 e. The van der Waals surface area contributed by atoms with Crippen LogP contribution in [-0.4, -0.2) is 24.9 Å². The second-order valence-electron chi connectivity index (χ2n) is 7.52. The number of hydrogen-bond acceptors (Lipinski definition) is 10. The molecule has 3 heterocycles. The van der Waals surface area contributed by atoms with Crippen molar-refractivity contribution in [1.82, 2.24) is 4.98 Å². The molecule has 0 spiro atoms. The number of thiazole rings is 1. The molecular weight excluding hydrogens is 470 g/mol. The maximum Gasteiger partial charge on any atom is 0.345 e. The zero-order valence-electron chi connectivity index (χ0n) is 18.9. The van der Waals surface area contributed by atoms with E-state index in [1.807, 2.05) is 12.1 Å². The molecule has 0 saturated heterocycles. The largest absolute Gasteiger partial charge is 0.497 e. The van der Waals surface area contributed by atoms with Gasteiger partial charge >= 0.3 is 11.3 Å². The van der Waals surface area contributed by atoms with Crippen LogP contribution >= 0.6 is 11.3 Å². The first kappa shape index (κ1) is 22.4. The van der Waals surface area contributed by atoms with E-state index in [2.05, 4.69) is 15.5 Å². The number of nitrogens with zero attached hydrogens (tertiary/aromatic N) is 2. The fourth-order valence-corrected chi connectivity index (χ4v) is 4.22. The molecular formula is C25H19N3O6S. The molecule has 0 aliphatic rings. The molecule has 0 aliphatic carbocycles. The number of rotatable bonds is 6. The van der Waals surface area contributed by atoms with Crippen LogP contribution in [0.25, 0.3) is 33.2 Å². The van der Waals surface area contributed by atoms with Crippen molar-refractivity contribution in [3.05, 3.63) is 80.3 Å². The van der Waals surface area contributed by atoms with Crippen molar-refractivity contribution >= 4 is 44.1 Å². The third-order valence-electron chi connectivity index (χ3n) is 5.38. The lowest BCUT2D eigenvalue weighted by Gasteiger charge is -2.05. The van der Waals surface area contributed by atoms with Crippen LogP contribution in [0.1, 0.15) is 12.5 Å². The van der Waals surface area contributed by atoms with Crippen LogP contribution in [0.5, 0.6) is 11.5 Å². The number of methoxy groups -OCH3 is 2. The molecule has 10 heteroatoms. The van der Waals surface area contributed by atoms with E-state index in [9.17, 15) is 9.59 Å². The minimum atomic E-state index is -0.524. The number of hydrogen-bond donors (Lipinski definition) is 1. The van der Waals surface area contributed by atoms with Gasteiger partial charge in [-0.3, -0.25) is 5.43 Å². The zero-order chi connectivity index (χ0) is 24.5. The van der Waals surface area contributed by atoms with Gasteiger partial charge in [-0.05, 0) is 37.3 Å². The summed E-state index contributed by atoms with van der Waals surface area (Å²) in [5.41, 5.74) is 4.12. The minimum absolute atomic E-state index is 0.316. The maximum absolute atomic E-state index is 12.6. The molecule has 0 bridgehead atoms. The molecule has 0 atom stereocenters. The first-order valence-electron chi connectivity index (χ1n) is 10.5. The van der Waals surface area contributed by atoms with Gasteiger partial charge in [-0.1, -0.05) is 12.1 Å². The Morgan fingerprint density at radius 1 is 1.00 bits per heavy atom. The van der Waals surface area contributed by atoms with Crippen LogP contribution in [0, 0.1) is 0 Å². The lowest BCUT2D eigenvalue weighted by atomic mass is 10.1. The summed E-state index contributed by atoms with van der Waals surface area (Å²) in [7, 11) is 3.06. The molecule has 176 valence electrons. The van der Waals surface area contributed by atoms with Gasteiger partial charge in [0.25, 0.3) is 0 Å². The first-order chi connectivity index (χ1) is 17.0. The van der Waals surface area contributed by atoms with Crippen LogP contribution < -0.4 is 26.2 Å². The molecule has 1 N–H and O–H groups in total. The average molecular weight is 490 g/mol. The van der Waals surface area contributed by atoms with Gasteiger partial charge in [0.1, 0.15) is 11.3 Å². The molecule has 0 unspecified atom stereocenters. The summed E-state index contributed by atoms with van der Waals surface area (Å²) in [4.78, 5) is 29.5. The quantitative estimate of drug-likeness (QED) is 0.204. The Morgan fingerprint density at radius 2 is 1.86 bits per heavy atom. The molecule has 9 nitrogen and oxygen atoms in total. The molecule has 0 aliphatic heterocycles. The van der Waals surface area contributed by atoms with Gasteiger partial charge in [0, 0.05) is 22.2 Å². The highest BCUT2D eigenvalue weighted by Gasteiger charge is 2.14. The molecule has 0 amide bonds. The van der Waals surface area contributed by atoms with Crippen molar-refractivity contribution in [3.8, 4) is 22.8 Å². The molecule has 0 radical (unpaired) electrons. The van der Waals surface area contributed by atoms with Crippen molar-refractivity contribution < 1.29 is 18.3 Å². The van der Waals surface area contributed by atoms with E-state index in [-0.39, 0.29) is 0 Å². The van der Waals surface area contributed by atoms with E-state index in [0.717, 1.165) is 10.8 Å². The monoisotopic (exact) mass is 489 g/mol. The predicted octanol–water partition coefficient (Wildman–Crippen LogP) is 4.88. The third kappa shape index (κ3) is 4.26. The zero-order valence-corrected chi connectivity index (χ0v) is 19.8. The van der Waals surface area contributed by atoms with E-state index < -0.39 is 11.3 Å². The fraction of sp³-hybridized carbons (Fsp3) is 0.120. The van der Waals surface area contributed by atoms with Gasteiger partial charge in [0.15, 0.2) is 11.3 Å². The molecule has 5 aromatic rings. The number of anilines is 1. The number of benzene rings is 2. The fourth-order valence-electron chi connectivity index (χ4n) is 3.57. The maximum atomic E-state index is 12.6. The second kappa shape index (κ2) is 9.07. The molecule has 5 rings (SSSR count). The second-order valence-corrected chi connectivity index (χ2v) is 8.38. The number of fused-ring (bicyclic) bond motifs is 2. The lowest BCUT2D eigenvalue weighted by molar-refractivity contribution is 0.407. The van der Waals surface area contributed by atoms with Gasteiger partial charge in [0.2, 0.25) is 5.13 Å². The third-order valence-corrected chi connectivity index (χ3v) is 6.12. The highest BCUT2D eigenvalue weighted by atomic mass is 32.1. The van der Waals surface area contributed by atoms with Gasteiger partial charge in [-0.25, -0.2) is 14.6 Å². The van der Waals surface area contributed by atoms with Crippen molar-refractivity contribution in [3.63, 3.8) is 0 Å². The Morgan fingerprint density at radius 3 is 2.66 bits per heavy atom. The summed E-state index contributed by atoms with van der Waals surface area (Å²) in [6, 6.07) is 14.0. The van der Waals surface area contributed by atoms with E-state index in [1.54, 1.807) is 55.8 Å². The Labute approximate surface area is 202 Å². The summed E-state index contributed by atoms with van der Waals surface area (Å²) in [6.07, 6.45) is 0. The van der Waals surface area contributed by atoms with E-state index >= 15 is 0 Å². The van der Waals surface area contributed by atoms with Crippen LogP contribution in [0.2, 0.25) is 0 Å². The van der Waals surface area contributed by atoms with E-state index in [4.69, 9.17) is 18.3 Å². The van der Waals surface area contributed by atoms with Crippen LogP contribution in [0.15, 0.2) is 77.4 Å². The lowest BCUT2D eigenvalue weighted by Crippen LogP contribution is -2.13. The topological polar surface area (TPSA) is 116 Å². The highest BCUT2D eigenvalue weighted by molar-refractivity contribution is 7.14. The minimum Gasteiger partial charge on any atom is -0.497 e. The summed E-state index contributed by atoms with van der Waals surface area (Å²) in [6.45, 7) is 1.69. The average Bonchev–Trinajstić information content (AvgIpc) is 3.34. The summed E-state index contributed by atoms with van der Waals surface area (Å²) < 4.78 is 21.3. The van der Waals surface area contributed by atoms with Crippen LogP contribution in [-0.2, 0) is 0 Å². The number of para-hydroxylation sites is 1. The van der Waals surface area contributed by atoms with Gasteiger partial charge < -0.3 is 18.3 Å².